The number of fused-ring (bicyclic) bond motifs is 1. The van der Waals surface area contributed by atoms with Gasteiger partial charge in [-0.1, -0.05) is 36.0 Å². The number of benzene rings is 2. The Labute approximate surface area is 155 Å². The number of carbonyl (C=O) groups excluding carboxylic acids is 1. The van der Waals surface area contributed by atoms with Gasteiger partial charge in [-0.2, -0.15) is 4.68 Å². The normalized spacial score (nSPS) is 16.8. The molecule has 0 saturated heterocycles. The Morgan fingerprint density at radius 1 is 1.15 bits per heavy atom. The average molecular weight is 366 g/mol. The minimum Gasteiger partial charge on any atom is -0.497 e. The zero-order valence-corrected chi connectivity index (χ0v) is 15.1. The summed E-state index contributed by atoms with van der Waals surface area (Å²) in [6, 6.07) is 15.4. The second-order valence-electron chi connectivity index (χ2n) is 6.09. The molecule has 7 heteroatoms. The lowest BCUT2D eigenvalue weighted by Crippen LogP contribution is -2.17. The third kappa shape index (κ3) is 3.22. The fourth-order valence-electron chi connectivity index (χ4n) is 3.14. The number of rotatable bonds is 4. The molecule has 0 saturated carbocycles. The smallest absolute Gasteiger partial charge is 0.214 e. The van der Waals surface area contributed by atoms with Crippen LogP contribution in [0.2, 0.25) is 0 Å². The predicted molar refractivity (Wildman–Crippen MR) is 99.1 cm³/mol. The van der Waals surface area contributed by atoms with E-state index in [1.807, 2.05) is 48.5 Å². The van der Waals surface area contributed by atoms with Crippen molar-refractivity contribution in [2.24, 2.45) is 0 Å². The van der Waals surface area contributed by atoms with E-state index < -0.39 is 0 Å². The molecule has 26 heavy (non-hydrogen) atoms. The monoisotopic (exact) mass is 366 g/mol. The van der Waals surface area contributed by atoms with Crippen LogP contribution in [-0.2, 0) is 6.42 Å². The molecule has 1 aliphatic rings. The van der Waals surface area contributed by atoms with E-state index in [1.165, 1.54) is 11.8 Å². The molecule has 0 radical (unpaired) electrons. The molecule has 0 N–H and O–H groups in total. The molecule has 0 spiro atoms. The van der Waals surface area contributed by atoms with Gasteiger partial charge in [-0.05, 0) is 59.5 Å². The van der Waals surface area contributed by atoms with E-state index in [9.17, 15) is 4.79 Å². The Balaban J connectivity index is 1.60. The summed E-state index contributed by atoms with van der Waals surface area (Å²) in [6.45, 7) is 0. The van der Waals surface area contributed by atoms with Gasteiger partial charge in [0.2, 0.25) is 5.16 Å². The third-order valence-electron chi connectivity index (χ3n) is 4.49. The van der Waals surface area contributed by atoms with Crippen LogP contribution in [0.15, 0.2) is 53.7 Å². The predicted octanol–water partition coefficient (Wildman–Crippen LogP) is 3.35. The number of ether oxygens (including phenoxy) is 1. The molecule has 4 rings (SSSR count). The van der Waals surface area contributed by atoms with Crippen molar-refractivity contribution in [1.82, 2.24) is 20.2 Å². The first-order valence-corrected chi connectivity index (χ1v) is 9.36. The van der Waals surface area contributed by atoms with Gasteiger partial charge in [-0.25, -0.2) is 0 Å². The van der Waals surface area contributed by atoms with Crippen LogP contribution in [0.25, 0.3) is 5.69 Å². The van der Waals surface area contributed by atoms with Crippen molar-refractivity contribution < 1.29 is 9.53 Å². The Bertz CT molecular complexity index is 923. The fraction of sp³-hybridized carbons (Fsp3) is 0.263. The summed E-state index contributed by atoms with van der Waals surface area (Å²) in [5.41, 5.74) is 2.79. The molecule has 0 aliphatic heterocycles. The number of tetrazole rings is 1. The highest BCUT2D eigenvalue weighted by atomic mass is 32.2. The second kappa shape index (κ2) is 7.29. The zero-order valence-electron chi connectivity index (χ0n) is 14.3. The molecular weight excluding hydrogens is 348 g/mol. The quantitative estimate of drug-likeness (QED) is 0.660. The van der Waals surface area contributed by atoms with E-state index in [4.69, 9.17) is 4.74 Å². The fourth-order valence-corrected chi connectivity index (χ4v) is 4.24. The molecule has 1 atom stereocenters. The van der Waals surface area contributed by atoms with Crippen LogP contribution in [0.3, 0.4) is 0 Å². The molecule has 1 aliphatic carbocycles. The number of methoxy groups -OCH3 is 1. The number of thioether (sulfide) groups is 1. The summed E-state index contributed by atoms with van der Waals surface area (Å²) in [5, 5.41) is 12.5. The standard InChI is InChI=1S/C19H18N4O2S/c1-25-15-11-9-14(10-12-15)23-19(20-21-22-23)26-17-8-4-6-13-5-2-3-7-16(13)18(17)24/h2-3,5,7,9-12,17H,4,6,8H2,1H3. The summed E-state index contributed by atoms with van der Waals surface area (Å²) in [7, 11) is 1.63. The molecular formula is C19H18N4O2S. The summed E-state index contributed by atoms with van der Waals surface area (Å²) >= 11 is 1.43. The zero-order chi connectivity index (χ0) is 17.9. The summed E-state index contributed by atoms with van der Waals surface area (Å²) < 4.78 is 6.85. The Morgan fingerprint density at radius 2 is 1.96 bits per heavy atom. The maximum atomic E-state index is 13.0. The highest BCUT2D eigenvalue weighted by Gasteiger charge is 2.28. The van der Waals surface area contributed by atoms with Crippen LogP contribution < -0.4 is 4.74 Å². The Hall–Kier alpha value is -2.67. The molecule has 2 aromatic carbocycles. The van der Waals surface area contributed by atoms with Gasteiger partial charge >= 0.3 is 0 Å². The van der Waals surface area contributed by atoms with Crippen molar-refractivity contribution in [2.45, 2.75) is 29.7 Å². The Morgan fingerprint density at radius 3 is 2.77 bits per heavy atom. The van der Waals surface area contributed by atoms with E-state index in [-0.39, 0.29) is 11.0 Å². The van der Waals surface area contributed by atoms with Crippen LogP contribution in [0.5, 0.6) is 5.75 Å². The largest absolute Gasteiger partial charge is 0.497 e. The second-order valence-corrected chi connectivity index (χ2v) is 7.26. The lowest BCUT2D eigenvalue weighted by Gasteiger charge is -2.13. The van der Waals surface area contributed by atoms with Crippen LogP contribution in [0.4, 0.5) is 0 Å². The van der Waals surface area contributed by atoms with Gasteiger partial charge in [0.25, 0.3) is 0 Å². The molecule has 3 aromatic rings. The molecule has 132 valence electrons. The molecule has 1 heterocycles. The highest BCUT2D eigenvalue weighted by molar-refractivity contribution is 8.00. The van der Waals surface area contributed by atoms with E-state index in [0.29, 0.717) is 5.16 Å². The molecule has 0 fully saturated rings. The van der Waals surface area contributed by atoms with E-state index >= 15 is 0 Å². The van der Waals surface area contributed by atoms with Crippen molar-refractivity contribution >= 4 is 17.5 Å². The summed E-state index contributed by atoms with van der Waals surface area (Å²) in [5.74, 6) is 0.930. The number of carbonyl (C=O) groups is 1. The summed E-state index contributed by atoms with van der Waals surface area (Å²) in [4.78, 5) is 13.0. The molecule has 0 amide bonds. The molecule has 1 unspecified atom stereocenters. The first-order valence-electron chi connectivity index (χ1n) is 8.48. The Kier molecular flexibility index (Phi) is 4.71. The van der Waals surface area contributed by atoms with Gasteiger partial charge in [-0.15, -0.1) is 5.10 Å². The van der Waals surface area contributed by atoms with Gasteiger partial charge in [0.1, 0.15) is 5.75 Å². The van der Waals surface area contributed by atoms with Crippen LogP contribution in [0.1, 0.15) is 28.8 Å². The van der Waals surface area contributed by atoms with Gasteiger partial charge in [0.05, 0.1) is 18.0 Å². The number of nitrogens with zero attached hydrogens (tertiary/aromatic N) is 4. The van der Waals surface area contributed by atoms with Gasteiger partial charge in [0.15, 0.2) is 5.78 Å². The van der Waals surface area contributed by atoms with E-state index in [1.54, 1.807) is 11.8 Å². The molecule has 0 bridgehead atoms. The lowest BCUT2D eigenvalue weighted by atomic mass is 10.0. The van der Waals surface area contributed by atoms with Crippen LogP contribution >= 0.6 is 11.8 Å². The first-order chi connectivity index (χ1) is 12.8. The topological polar surface area (TPSA) is 69.9 Å². The average Bonchev–Trinajstić information content (AvgIpc) is 3.09. The number of ketones is 1. The van der Waals surface area contributed by atoms with Crippen molar-refractivity contribution in [3.63, 3.8) is 0 Å². The third-order valence-corrected chi connectivity index (χ3v) is 5.69. The SMILES string of the molecule is COc1ccc(-n2nnnc2SC2CCCc3ccccc3C2=O)cc1. The summed E-state index contributed by atoms with van der Waals surface area (Å²) in [6.07, 6.45) is 2.72. The minimum atomic E-state index is -0.179. The lowest BCUT2D eigenvalue weighted by molar-refractivity contribution is 0.0988. The molecule has 6 nitrogen and oxygen atoms in total. The maximum absolute atomic E-state index is 13.0. The van der Waals surface area contributed by atoms with Gasteiger partial charge < -0.3 is 4.74 Å². The van der Waals surface area contributed by atoms with Gasteiger partial charge in [0, 0.05) is 5.56 Å². The van der Waals surface area contributed by atoms with Crippen molar-refractivity contribution in [1.29, 1.82) is 0 Å². The number of Topliss-reactive ketones (excluding diaryl/α,β-unsaturated/α-hetero) is 1. The highest BCUT2D eigenvalue weighted by Crippen LogP contribution is 2.32. The van der Waals surface area contributed by atoms with E-state index in [0.717, 1.165) is 41.8 Å². The van der Waals surface area contributed by atoms with E-state index in [2.05, 4.69) is 15.5 Å². The maximum Gasteiger partial charge on any atom is 0.214 e. The van der Waals surface area contributed by atoms with Crippen LogP contribution in [-0.4, -0.2) is 38.4 Å². The number of aromatic nitrogens is 4. The first kappa shape index (κ1) is 16.8. The number of aryl methyl sites for hydroxylation is 1. The molecule has 1 aromatic heterocycles. The minimum absolute atomic E-state index is 0.160. The van der Waals surface area contributed by atoms with Crippen molar-refractivity contribution in [3.8, 4) is 11.4 Å². The van der Waals surface area contributed by atoms with Crippen molar-refractivity contribution in [2.75, 3.05) is 7.11 Å². The number of hydrogen-bond acceptors (Lipinski definition) is 6. The van der Waals surface area contributed by atoms with Gasteiger partial charge in [-0.3, -0.25) is 4.79 Å². The van der Waals surface area contributed by atoms with Crippen molar-refractivity contribution in [3.05, 3.63) is 59.7 Å². The number of hydrogen-bond donors (Lipinski definition) is 0. The van der Waals surface area contributed by atoms with Crippen LogP contribution in [0, 0.1) is 0 Å².